The number of amides is 2. The molecule has 33 heavy (non-hydrogen) atoms. The van der Waals surface area contributed by atoms with E-state index in [2.05, 4.69) is 10.3 Å². The molecular weight excluding hydrogens is 418 g/mol. The van der Waals surface area contributed by atoms with Gasteiger partial charge in [0.1, 0.15) is 12.4 Å². The van der Waals surface area contributed by atoms with Crippen molar-refractivity contribution in [3.63, 3.8) is 0 Å². The number of carbonyl (C=O) groups excluding carboxylic acids is 2. The van der Waals surface area contributed by atoms with E-state index in [0.29, 0.717) is 31.2 Å². The average Bonchev–Trinajstić information content (AvgIpc) is 3.75. The van der Waals surface area contributed by atoms with Crippen LogP contribution in [0.3, 0.4) is 0 Å². The summed E-state index contributed by atoms with van der Waals surface area (Å²) in [6.07, 6.45) is 2.61. The summed E-state index contributed by atoms with van der Waals surface area (Å²) >= 11 is 0. The Balaban J connectivity index is 1.38. The molecule has 0 bridgehead atoms. The number of aryl methyl sites for hydroxylation is 1. The molecule has 1 heterocycles. The van der Waals surface area contributed by atoms with E-state index in [-0.39, 0.29) is 5.91 Å². The highest BCUT2D eigenvalue weighted by molar-refractivity contribution is 6.00. The molecule has 2 unspecified atom stereocenters. The molecule has 2 atom stereocenters. The molecule has 0 saturated heterocycles. The van der Waals surface area contributed by atoms with Gasteiger partial charge in [0.15, 0.2) is 0 Å². The van der Waals surface area contributed by atoms with Crippen LogP contribution in [0.5, 0.6) is 5.75 Å². The molecule has 2 aliphatic carbocycles. The van der Waals surface area contributed by atoms with E-state index in [1.54, 1.807) is 5.48 Å². The van der Waals surface area contributed by atoms with Gasteiger partial charge in [-0.2, -0.15) is 0 Å². The second-order valence-electron chi connectivity index (χ2n) is 9.11. The Morgan fingerprint density at radius 2 is 1.97 bits per heavy atom. The molecule has 1 aromatic heterocycles. The van der Waals surface area contributed by atoms with Crippen LogP contribution in [-0.4, -0.2) is 28.6 Å². The number of pyridine rings is 1. The number of hydrogen-bond acceptors (Lipinski definition) is 5. The van der Waals surface area contributed by atoms with Gasteiger partial charge in [0.25, 0.3) is 0 Å². The Hall–Kier alpha value is -3.45. The fourth-order valence-corrected chi connectivity index (χ4v) is 4.61. The monoisotopic (exact) mass is 445 g/mol. The second-order valence-corrected chi connectivity index (χ2v) is 9.11. The van der Waals surface area contributed by atoms with E-state index >= 15 is 0 Å². The zero-order chi connectivity index (χ0) is 23.0. The van der Waals surface area contributed by atoms with Gasteiger partial charge < -0.3 is 10.1 Å². The molecule has 5 rings (SSSR count). The van der Waals surface area contributed by atoms with Crippen LogP contribution in [-0.2, 0) is 21.6 Å². The summed E-state index contributed by atoms with van der Waals surface area (Å²) in [7, 11) is 0. The van der Waals surface area contributed by atoms with Crippen LogP contribution in [0.4, 0.5) is 0 Å². The number of nitrogens with one attached hydrogen (secondary N) is 2. The number of aromatic nitrogens is 1. The number of nitrogens with zero attached hydrogens (tertiary/aromatic N) is 1. The summed E-state index contributed by atoms with van der Waals surface area (Å²) in [5.41, 5.74) is 4.32. The largest absolute Gasteiger partial charge is 0.489 e. The smallest absolute Gasteiger partial charge is 0.247 e. The molecule has 2 saturated carbocycles. The maximum atomic E-state index is 13.1. The molecule has 0 radical (unpaired) electrons. The number of hydrogen-bond donors (Lipinski definition) is 3. The lowest BCUT2D eigenvalue weighted by atomic mass is 9.91. The number of carbonyl (C=O) groups is 2. The van der Waals surface area contributed by atoms with Gasteiger partial charge in [-0.1, -0.05) is 30.3 Å². The van der Waals surface area contributed by atoms with Crippen molar-refractivity contribution >= 4 is 22.7 Å². The number of benzene rings is 2. The van der Waals surface area contributed by atoms with E-state index in [9.17, 15) is 9.59 Å². The summed E-state index contributed by atoms with van der Waals surface area (Å²) < 4.78 is 6.12. The van der Waals surface area contributed by atoms with E-state index in [1.165, 1.54) is 0 Å². The standard InChI is InChI=1S/C26H27N3O4/c1-16-11-18(21-7-2-3-8-23(21)28-16)15-33-20-6-4-5-19(12-20)26(13-22(26)24(30)29-32)25(31)27-14-17-9-10-17/h2-8,11-12,17,22,32H,9-10,13-15H2,1H3,(H,27,31)(H,29,30). The van der Waals surface area contributed by atoms with Crippen molar-refractivity contribution in [1.29, 1.82) is 0 Å². The fraction of sp³-hybridized carbons (Fsp3) is 0.346. The van der Waals surface area contributed by atoms with Gasteiger partial charge in [-0.25, -0.2) is 5.48 Å². The maximum Gasteiger partial charge on any atom is 0.247 e. The molecule has 2 fully saturated rings. The number of fused-ring (bicyclic) bond motifs is 1. The summed E-state index contributed by atoms with van der Waals surface area (Å²) in [4.78, 5) is 29.9. The van der Waals surface area contributed by atoms with Crippen LogP contribution in [0.2, 0.25) is 0 Å². The van der Waals surface area contributed by atoms with Gasteiger partial charge >= 0.3 is 0 Å². The van der Waals surface area contributed by atoms with Crippen molar-refractivity contribution in [2.75, 3.05) is 6.54 Å². The Morgan fingerprint density at radius 1 is 1.15 bits per heavy atom. The molecule has 170 valence electrons. The Labute approximate surface area is 192 Å². The normalized spacial score (nSPS) is 21.5. The molecule has 7 heteroatoms. The van der Waals surface area contributed by atoms with Gasteiger partial charge in [0.05, 0.1) is 16.8 Å². The van der Waals surface area contributed by atoms with Crippen molar-refractivity contribution in [2.45, 2.75) is 38.2 Å². The first-order chi connectivity index (χ1) is 16.0. The van der Waals surface area contributed by atoms with Gasteiger partial charge in [0.2, 0.25) is 11.8 Å². The van der Waals surface area contributed by atoms with E-state index in [4.69, 9.17) is 9.94 Å². The minimum atomic E-state index is -0.985. The third-order valence-electron chi connectivity index (χ3n) is 6.71. The third kappa shape index (κ3) is 4.16. The molecule has 3 N–H and O–H groups in total. The predicted octanol–water partition coefficient (Wildman–Crippen LogP) is 3.41. The molecule has 7 nitrogen and oxygen atoms in total. The highest BCUT2D eigenvalue weighted by Gasteiger charge is 2.64. The Bertz CT molecular complexity index is 1220. The molecule has 3 aromatic rings. The number of rotatable bonds is 8. The minimum absolute atomic E-state index is 0.170. The summed E-state index contributed by atoms with van der Waals surface area (Å²) in [6, 6.07) is 17.3. The van der Waals surface area contributed by atoms with E-state index in [0.717, 1.165) is 40.6 Å². The highest BCUT2D eigenvalue weighted by atomic mass is 16.5. The van der Waals surface area contributed by atoms with Gasteiger partial charge in [0, 0.05) is 23.2 Å². The van der Waals surface area contributed by atoms with Gasteiger partial charge in [-0.15, -0.1) is 0 Å². The van der Waals surface area contributed by atoms with Crippen LogP contribution in [0.25, 0.3) is 10.9 Å². The Morgan fingerprint density at radius 3 is 2.76 bits per heavy atom. The molecule has 0 aliphatic heterocycles. The fourth-order valence-electron chi connectivity index (χ4n) is 4.61. The molecule has 2 aromatic carbocycles. The van der Waals surface area contributed by atoms with Crippen molar-refractivity contribution in [3.8, 4) is 5.75 Å². The summed E-state index contributed by atoms with van der Waals surface area (Å²) in [6.45, 7) is 2.94. The lowest BCUT2D eigenvalue weighted by Crippen LogP contribution is -2.39. The molecule has 0 spiro atoms. The first kappa shape index (κ1) is 21.4. The van der Waals surface area contributed by atoms with Crippen LogP contribution in [0.15, 0.2) is 54.6 Å². The van der Waals surface area contributed by atoms with Crippen molar-refractivity contribution in [3.05, 3.63) is 71.4 Å². The highest BCUT2D eigenvalue weighted by Crippen LogP contribution is 2.55. The van der Waals surface area contributed by atoms with E-state index < -0.39 is 17.2 Å². The molecular formula is C26H27N3O4. The van der Waals surface area contributed by atoms with Crippen LogP contribution in [0.1, 0.15) is 36.1 Å². The lowest BCUT2D eigenvalue weighted by molar-refractivity contribution is -0.133. The molecule has 2 aliphatic rings. The topological polar surface area (TPSA) is 101 Å². The zero-order valence-corrected chi connectivity index (χ0v) is 18.5. The van der Waals surface area contributed by atoms with Gasteiger partial charge in [-0.3, -0.25) is 19.8 Å². The van der Waals surface area contributed by atoms with Crippen molar-refractivity contribution in [1.82, 2.24) is 15.8 Å². The predicted molar refractivity (Wildman–Crippen MR) is 123 cm³/mol. The second kappa shape index (κ2) is 8.48. The maximum absolute atomic E-state index is 13.1. The van der Waals surface area contributed by atoms with Gasteiger partial charge in [-0.05, 0) is 61.9 Å². The first-order valence-corrected chi connectivity index (χ1v) is 11.3. The van der Waals surface area contributed by atoms with Crippen LogP contribution in [0, 0.1) is 18.8 Å². The lowest BCUT2D eigenvalue weighted by Gasteiger charge is -2.19. The summed E-state index contributed by atoms with van der Waals surface area (Å²) in [5, 5.41) is 13.2. The SMILES string of the molecule is Cc1cc(COc2cccc(C3(C(=O)NCC4CC4)CC3C(=O)NO)c2)c2ccccc2n1. The quantitative estimate of drug-likeness (QED) is 0.364. The third-order valence-corrected chi connectivity index (χ3v) is 6.71. The first-order valence-electron chi connectivity index (χ1n) is 11.3. The van der Waals surface area contributed by atoms with Crippen molar-refractivity contribution in [2.24, 2.45) is 11.8 Å². The van der Waals surface area contributed by atoms with Crippen LogP contribution >= 0.6 is 0 Å². The van der Waals surface area contributed by atoms with Crippen molar-refractivity contribution < 1.29 is 19.5 Å². The summed E-state index contributed by atoms with van der Waals surface area (Å²) in [5.74, 6) is -0.167. The number of para-hydroxylation sites is 1. The number of hydroxylamine groups is 1. The average molecular weight is 446 g/mol. The zero-order valence-electron chi connectivity index (χ0n) is 18.5. The molecule has 2 amide bonds. The Kier molecular flexibility index (Phi) is 5.50. The van der Waals surface area contributed by atoms with E-state index in [1.807, 2.05) is 61.5 Å². The van der Waals surface area contributed by atoms with Crippen LogP contribution < -0.4 is 15.5 Å². The number of ether oxygens (including phenoxy) is 1. The minimum Gasteiger partial charge on any atom is -0.489 e.